The fourth-order valence-corrected chi connectivity index (χ4v) is 2.51. The molecule has 80 valence electrons. The number of nitrogens with zero attached hydrogens (tertiary/aromatic N) is 2. The van der Waals surface area contributed by atoms with Crippen LogP contribution in [0.2, 0.25) is 0 Å². The first-order chi connectivity index (χ1) is 8.34. The van der Waals surface area contributed by atoms with Crippen LogP contribution in [0.1, 0.15) is 0 Å². The maximum absolute atomic E-state index is 11.9. The first kappa shape index (κ1) is 8.70. The van der Waals surface area contributed by atoms with Gasteiger partial charge in [0.05, 0.1) is 5.39 Å². The zero-order chi connectivity index (χ0) is 11.4. The van der Waals surface area contributed by atoms with E-state index < -0.39 is 0 Å². The summed E-state index contributed by atoms with van der Waals surface area (Å²) in [6.45, 7) is 0. The molecule has 0 spiro atoms. The molecule has 0 fully saturated rings. The number of hydrogen-bond acceptors (Lipinski definition) is 2. The molecule has 17 heavy (non-hydrogen) atoms. The molecule has 0 aliphatic heterocycles. The molecule has 0 amide bonds. The van der Waals surface area contributed by atoms with Crippen LogP contribution < -0.4 is 4.85 Å². The zero-order valence-corrected chi connectivity index (χ0v) is 8.92. The minimum atomic E-state index is 0.631. The Labute approximate surface area is 96.8 Å². The second-order valence-corrected chi connectivity index (χ2v) is 4.19. The lowest BCUT2D eigenvalue weighted by Crippen LogP contribution is -2.31. The zero-order valence-electron chi connectivity index (χ0n) is 8.92. The predicted octanol–water partition coefficient (Wildman–Crippen LogP) is 2.61. The molecule has 0 aliphatic rings. The summed E-state index contributed by atoms with van der Waals surface area (Å²) in [4.78, 5) is 0.712. The van der Waals surface area contributed by atoms with Crippen LogP contribution in [-0.2, 0) is 0 Å². The van der Waals surface area contributed by atoms with Gasteiger partial charge in [0, 0.05) is 16.6 Å². The third-order valence-electron chi connectivity index (χ3n) is 3.25. The first-order valence-electron chi connectivity index (χ1n) is 5.48. The molecule has 1 heterocycles. The molecule has 3 aromatic carbocycles. The van der Waals surface area contributed by atoms with Gasteiger partial charge in [0.2, 0.25) is 0 Å². The summed E-state index contributed by atoms with van der Waals surface area (Å²) in [7, 11) is 0. The lowest BCUT2D eigenvalue weighted by atomic mass is 10.00. The first-order valence-corrected chi connectivity index (χ1v) is 5.48. The molecule has 0 saturated carbocycles. The van der Waals surface area contributed by atoms with Crippen molar-refractivity contribution in [1.29, 1.82) is 0 Å². The van der Waals surface area contributed by atoms with Gasteiger partial charge in [0.25, 0.3) is 5.52 Å². The van der Waals surface area contributed by atoms with E-state index in [1.807, 2.05) is 42.5 Å². The normalized spacial score (nSPS) is 11.8. The van der Waals surface area contributed by atoms with Crippen LogP contribution >= 0.6 is 0 Å². The molecule has 0 atom stereocenters. The lowest BCUT2D eigenvalue weighted by Gasteiger charge is -2.08. The predicted molar refractivity (Wildman–Crippen MR) is 66.9 cm³/mol. The lowest BCUT2D eigenvalue weighted by molar-refractivity contribution is -0.639. The third kappa shape index (κ3) is 1.00. The molecular formula is C14H8N2O. The van der Waals surface area contributed by atoms with E-state index in [4.69, 9.17) is 0 Å². The van der Waals surface area contributed by atoms with Crippen LogP contribution in [0, 0.1) is 5.21 Å². The van der Waals surface area contributed by atoms with Gasteiger partial charge in [-0.15, -0.1) is 0 Å². The molecule has 3 heteroatoms. The topological polar surface area (TPSA) is 39.8 Å². The van der Waals surface area contributed by atoms with E-state index >= 15 is 0 Å². The van der Waals surface area contributed by atoms with E-state index in [2.05, 4.69) is 11.2 Å². The summed E-state index contributed by atoms with van der Waals surface area (Å²) in [5.41, 5.74) is 1.38. The van der Waals surface area contributed by atoms with E-state index in [1.165, 1.54) is 0 Å². The van der Waals surface area contributed by atoms with Crippen LogP contribution in [0.3, 0.4) is 0 Å². The molecule has 4 aromatic rings. The van der Waals surface area contributed by atoms with E-state index in [0.29, 0.717) is 10.4 Å². The number of benzene rings is 3. The van der Waals surface area contributed by atoms with Crippen LogP contribution in [-0.4, -0.2) is 5.10 Å². The van der Waals surface area contributed by atoms with Gasteiger partial charge in [-0.3, -0.25) is 0 Å². The fourth-order valence-electron chi connectivity index (χ4n) is 2.51. The number of hydrogen-bond donors (Lipinski definition) is 0. The molecule has 4 rings (SSSR count). The Balaban J connectivity index is 2.50. The average molecular weight is 220 g/mol. The maximum Gasteiger partial charge on any atom is 0.253 e. The Hall–Kier alpha value is -2.42. The summed E-state index contributed by atoms with van der Waals surface area (Å²) in [6.07, 6.45) is 0. The van der Waals surface area contributed by atoms with Crippen molar-refractivity contribution in [1.82, 2.24) is 5.10 Å². The van der Waals surface area contributed by atoms with E-state index in [-0.39, 0.29) is 0 Å². The van der Waals surface area contributed by atoms with Gasteiger partial charge < -0.3 is 5.21 Å². The highest BCUT2D eigenvalue weighted by Crippen LogP contribution is 2.30. The molecule has 0 bridgehead atoms. The second-order valence-electron chi connectivity index (χ2n) is 4.19. The summed E-state index contributed by atoms with van der Waals surface area (Å²) in [5, 5.41) is 20.2. The average Bonchev–Trinajstić information content (AvgIpc) is 2.37. The smallest absolute Gasteiger partial charge is 0.253 e. The Morgan fingerprint density at radius 2 is 1.53 bits per heavy atom. The molecule has 1 aromatic heterocycles. The Morgan fingerprint density at radius 1 is 0.824 bits per heavy atom. The van der Waals surface area contributed by atoms with Gasteiger partial charge in [-0.05, 0) is 21.7 Å². The molecule has 0 aliphatic carbocycles. The van der Waals surface area contributed by atoms with Crippen LogP contribution in [0.25, 0.3) is 32.6 Å². The van der Waals surface area contributed by atoms with E-state index in [9.17, 15) is 5.21 Å². The molecule has 3 nitrogen and oxygen atoms in total. The van der Waals surface area contributed by atoms with Gasteiger partial charge in [0.15, 0.2) is 0 Å². The van der Waals surface area contributed by atoms with Gasteiger partial charge in [-0.1, -0.05) is 36.4 Å². The molecule has 0 radical (unpaired) electrons. The third-order valence-corrected chi connectivity index (χ3v) is 3.25. The molecule has 0 N–H and O–H groups in total. The minimum Gasteiger partial charge on any atom is -0.594 e. The summed E-state index contributed by atoms with van der Waals surface area (Å²) >= 11 is 0. The number of rotatable bonds is 0. The SMILES string of the molecule is [O-][n+]1nc2cccc3ccc4cccc1c4c32. The highest BCUT2D eigenvalue weighted by atomic mass is 16.5. The maximum atomic E-state index is 11.9. The van der Waals surface area contributed by atoms with Gasteiger partial charge in [-0.2, -0.15) is 0 Å². The Kier molecular flexibility index (Phi) is 1.45. The number of aromatic nitrogens is 2. The quantitative estimate of drug-likeness (QED) is 0.259. The molecular weight excluding hydrogens is 212 g/mol. The Bertz CT molecular complexity index is 854. The monoisotopic (exact) mass is 220 g/mol. The van der Waals surface area contributed by atoms with Crippen molar-refractivity contribution in [3.63, 3.8) is 0 Å². The van der Waals surface area contributed by atoms with Crippen molar-refractivity contribution >= 4 is 32.6 Å². The standard InChI is InChI=1S/C14H8N2O/c17-16-12-6-2-4-10-8-7-9-3-1-5-11(15-16)13(9)14(10)12/h1-8H. The molecule has 0 unspecified atom stereocenters. The van der Waals surface area contributed by atoms with Crippen LogP contribution in [0.15, 0.2) is 48.5 Å². The van der Waals surface area contributed by atoms with Crippen molar-refractivity contribution in [2.75, 3.05) is 0 Å². The highest BCUT2D eigenvalue weighted by molar-refractivity contribution is 6.19. The second kappa shape index (κ2) is 2.83. The summed E-state index contributed by atoms with van der Waals surface area (Å²) < 4.78 is 0. The van der Waals surface area contributed by atoms with Crippen molar-refractivity contribution in [2.45, 2.75) is 0 Å². The highest BCUT2D eigenvalue weighted by Gasteiger charge is 2.14. The van der Waals surface area contributed by atoms with E-state index in [0.717, 1.165) is 27.1 Å². The van der Waals surface area contributed by atoms with Gasteiger partial charge in [-0.25, -0.2) is 0 Å². The van der Waals surface area contributed by atoms with Crippen molar-refractivity contribution < 1.29 is 4.85 Å². The minimum absolute atomic E-state index is 0.631. The van der Waals surface area contributed by atoms with Gasteiger partial charge >= 0.3 is 0 Å². The van der Waals surface area contributed by atoms with Crippen molar-refractivity contribution in [2.24, 2.45) is 0 Å². The van der Waals surface area contributed by atoms with Crippen molar-refractivity contribution in [3.8, 4) is 0 Å². The fraction of sp³-hybridized carbons (Fsp3) is 0. The van der Waals surface area contributed by atoms with E-state index in [1.54, 1.807) is 0 Å². The Morgan fingerprint density at radius 3 is 2.35 bits per heavy atom. The van der Waals surface area contributed by atoms with Gasteiger partial charge in [0.1, 0.15) is 5.52 Å². The van der Waals surface area contributed by atoms with Crippen LogP contribution in [0.5, 0.6) is 0 Å². The largest absolute Gasteiger partial charge is 0.594 e. The summed E-state index contributed by atoms with van der Waals surface area (Å²) in [5.74, 6) is 0. The van der Waals surface area contributed by atoms with Crippen molar-refractivity contribution in [3.05, 3.63) is 53.7 Å². The van der Waals surface area contributed by atoms with Crippen LogP contribution in [0.4, 0.5) is 0 Å². The molecule has 0 saturated heterocycles. The summed E-state index contributed by atoms with van der Waals surface area (Å²) in [6, 6.07) is 15.7.